The molecule has 0 spiro atoms. The molecule has 0 fully saturated rings. The first-order valence-corrected chi connectivity index (χ1v) is 8.55. The number of rotatable bonds is 5. The van der Waals surface area contributed by atoms with Crippen molar-refractivity contribution in [2.24, 2.45) is 4.99 Å². The van der Waals surface area contributed by atoms with Gasteiger partial charge in [-0.1, -0.05) is 24.3 Å². The number of guanidine groups is 1. The van der Waals surface area contributed by atoms with Crippen LogP contribution in [0.4, 0.5) is 0 Å². The number of benzene rings is 1. The van der Waals surface area contributed by atoms with Crippen molar-refractivity contribution in [2.45, 2.75) is 39.8 Å². The number of aliphatic imine (C=N–C) groups is 1. The average Bonchev–Trinajstić information content (AvgIpc) is 2.56. The van der Waals surface area contributed by atoms with E-state index in [2.05, 4.69) is 25.9 Å². The number of hydrogen-bond donors (Lipinski definition) is 3. The summed E-state index contributed by atoms with van der Waals surface area (Å²) in [6, 6.07) is 10.0. The second kappa shape index (κ2) is 8.46. The van der Waals surface area contributed by atoms with Gasteiger partial charge in [0.05, 0.1) is 18.6 Å². The number of carbonyl (C=O) groups is 1. The summed E-state index contributed by atoms with van der Waals surface area (Å²) in [4.78, 5) is 21.0. The summed E-state index contributed by atoms with van der Waals surface area (Å²) in [6.07, 6.45) is 1.79. The maximum absolute atomic E-state index is 12.0. The molecule has 1 amide bonds. The Morgan fingerprint density at radius 3 is 2.64 bits per heavy atom. The standard InChI is InChI=1S/C19H27N5O/c1-5-20-18(23-13-16(25)24-19(2,3)4)22-12-15-9-6-8-14-10-7-11-21-17(14)15/h6-11H,5,12-13H2,1-4H3,(H,24,25)(H2,20,22,23). The quantitative estimate of drug-likeness (QED) is 0.575. The Bertz CT molecular complexity index is 744. The van der Waals surface area contributed by atoms with Crippen molar-refractivity contribution in [3.63, 3.8) is 0 Å². The highest BCUT2D eigenvalue weighted by Gasteiger charge is 2.13. The highest BCUT2D eigenvalue weighted by atomic mass is 16.2. The van der Waals surface area contributed by atoms with E-state index in [9.17, 15) is 4.79 Å². The van der Waals surface area contributed by atoms with Crippen LogP contribution in [0.25, 0.3) is 10.9 Å². The Balaban J connectivity index is 2.05. The highest BCUT2D eigenvalue weighted by molar-refractivity contribution is 5.87. The number of amides is 1. The first-order chi connectivity index (χ1) is 11.9. The molecular formula is C19H27N5O. The van der Waals surface area contributed by atoms with Gasteiger partial charge in [-0.15, -0.1) is 0 Å². The number of aromatic nitrogens is 1. The van der Waals surface area contributed by atoms with Gasteiger partial charge in [-0.2, -0.15) is 0 Å². The fraction of sp³-hybridized carbons (Fsp3) is 0.421. The largest absolute Gasteiger partial charge is 0.357 e. The molecule has 2 aromatic rings. The van der Waals surface area contributed by atoms with Crippen molar-refractivity contribution >= 4 is 22.8 Å². The van der Waals surface area contributed by atoms with Gasteiger partial charge < -0.3 is 16.0 Å². The smallest absolute Gasteiger partial charge is 0.239 e. The average molecular weight is 341 g/mol. The topological polar surface area (TPSA) is 78.4 Å². The summed E-state index contributed by atoms with van der Waals surface area (Å²) in [5, 5.41) is 10.2. The Hall–Kier alpha value is -2.63. The number of fused-ring (bicyclic) bond motifs is 1. The van der Waals surface area contributed by atoms with Crippen molar-refractivity contribution < 1.29 is 4.79 Å². The molecule has 6 heteroatoms. The molecule has 134 valence electrons. The van der Waals surface area contributed by atoms with E-state index >= 15 is 0 Å². The van der Waals surface area contributed by atoms with Crippen LogP contribution in [0.2, 0.25) is 0 Å². The molecule has 6 nitrogen and oxygen atoms in total. The van der Waals surface area contributed by atoms with Crippen LogP contribution in [0.3, 0.4) is 0 Å². The number of nitrogens with one attached hydrogen (secondary N) is 3. The first kappa shape index (κ1) is 18.7. The predicted octanol–water partition coefficient (Wildman–Crippen LogP) is 2.20. The normalized spacial score (nSPS) is 12.1. The van der Waals surface area contributed by atoms with Crippen LogP contribution in [-0.4, -0.2) is 35.5 Å². The van der Waals surface area contributed by atoms with Crippen LogP contribution in [-0.2, 0) is 11.3 Å². The van der Waals surface area contributed by atoms with Gasteiger partial charge in [-0.25, -0.2) is 4.99 Å². The summed E-state index contributed by atoms with van der Waals surface area (Å²) in [7, 11) is 0. The van der Waals surface area contributed by atoms with E-state index in [0.717, 1.165) is 23.0 Å². The minimum atomic E-state index is -0.247. The van der Waals surface area contributed by atoms with Gasteiger partial charge in [-0.05, 0) is 39.3 Å². The summed E-state index contributed by atoms with van der Waals surface area (Å²) < 4.78 is 0. The minimum Gasteiger partial charge on any atom is -0.357 e. The second-order valence-electron chi connectivity index (χ2n) is 6.84. The molecule has 0 saturated heterocycles. The molecular weight excluding hydrogens is 314 g/mol. The van der Waals surface area contributed by atoms with Gasteiger partial charge in [0.1, 0.15) is 0 Å². The molecule has 0 atom stereocenters. The van der Waals surface area contributed by atoms with E-state index in [1.165, 1.54) is 0 Å². The maximum Gasteiger partial charge on any atom is 0.239 e. The van der Waals surface area contributed by atoms with Gasteiger partial charge >= 0.3 is 0 Å². The monoisotopic (exact) mass is 341 g/mol. The highest BCUT2D eigenvalue weighted by Crippen LogP contribution is 2.16. The zero-order chi connectivity index (χ0) is 18.3. The van der Waals surface area contributed by atoms with E-state index in [0.29, 0.717) is 12.5 Å². The number of hydrogen-bond acceptors (Lipinski definition) is 3. The molecule has 0 unspecified atom stereocenters. The Morgan fingerprint density at radius 1 is 1.16 bits per heavy atom. The van der Waals surface area contributed by atoms with Crippen LogP contribution in [0.5, 0.6) is 0 Å². The van der Waals surface area contributed by atoms with E-state index < -0.39 is 0 Å². The molecule has 0 radical (unpaired) electrons. The minimum absolute atomic E-state index is 0.0649. The van der Waals surface area contributed by atoms with Crippen molar-refractivity contribution in [1.29, 1.82) is 0 Å². The molecule has 0 aliphatic heterocycles. The zero-order valence-corrected chi connectivity index (χ0v) is 15.4. The lowest BCUT2D eigenvalue weighted by molar-refractivity contribution is -0.121. The van der Waals surface area contributed by atoms with Crippen LogP contribution >= 0.6 is 0 Å². The molecule has 1 aromatic heterocycles. The Kier molecular flexibility index (Phi) is 6.33. The Morgan fingerprint density at radius 2 is 1.92 bits per heavy atom. The van der Waals surface area contributed by atoms with Gasteiger partial charge in [0.25, 0.3) is 0 Å². The number of nitrogens with zero attached hydrogens (tertiary/aromatic N) is 2. The summed E-state index contributed by atoms with van der Waals surface area (Å²) in [5.74, 6) is 0.546. The third-order valence-electron chi connectivity index (χ3n) is 3.40. The van der Waals surface area contributed by atoms with Gasteiger partial charge in [0, 0.05) is 23.7 Å². The molecule has 0 aliphatic carbocycles. The van der Waals surface area contributed by atoms with Crippen molar-refractivity contribution in [1.82, 2.24) is 20.9 Å². The van der Waals surface area contributed by atoms with Crippen molar-refractivity contribution in [3.8, 4) is 0 Å². The molecule has 1 aromatic carbocycles. The Labute approximate surface area is 149 Å². The van der Waals surface area contributed by atoms with Crippen molar-refractivity contribution in [3.05, 3.63) is 42.1 Å². The third kappa shape index (κ3) is 6.06. The number of pyridine rings is 1. The van der Waals surface area contributed by atoms with Gasteiger partial charge in [-0.3, -0.25) is 9.78 Å². The van der Waals surface area contributed by atoms with Crippen molar-refractivity contribution in [2.75, 3.05) is 13.1 Å². The fourth-order valence-electron chi connectivity index (χ4n) is 2.43. The first-order valence-electron chi connectivity index (χ1n) is 8.55. The molecule has 25 heavy (non-hydrogen) atoms. The van der Waals surface area contributed by atoms with Crippen LogP contribution in [0.1, 0.15) is 33.3 Å². The zero-order valence-electron chi connectivity index (χ0n) is 15.4. The summed E-state index contributed by atoms with van der Waals surface area (Å²) in [6.45, 7) is 9.25. The lowest BCUT2D eigenvalue weighted by Crippen LogP contribution is -2.48. The van der Waals surface area contributed by atoms with Crippen LogP contribution < -0.4 is 16.0 Å². The second-order valence-corrected chi connectivity index (χ2v) is 6.84. The van der Waals surface area contributed by atoms with Gasteiger partial charge in [0.2, 0.25) is 5.91 Å². The van der Waals surface area contributed by atoms with E-state index in [4.69, 9.17) is 0 Å². The number of para-hydroxylation sites is 1. The predicted molar refractivity (Wildman–Crippen MR) is 102 cm³/mol. The molecule has 2 rings (SSSR count). The third-order valence-corrected chi connectivity index (χ3v) is 3.40. The molecule has 0 saturated carbocycles. The van der Waals surface area contributed by atoms with E-state index in [1.54, 1.807) is 6.20 Å². The lowest BCUT2D eigenvalue weighted by Gasteiger charge is -2.21. The summed E-state index contributed by atoms with van der Waals surface area (Å²) >= 11 is 0. The van der Waals surface area contributed by atoms with Gasteiger partial charge in [0.15, 0.2) is 5.96 Å². The van der Waals surface area contributed by atoms with E-state index in [-0.39, 0.29) is 18.0 Å². The summed E-state index contributed by atoms with van der Waals surface area (Å²) in [5.41, 5.74) is 1.76. The fourth-order valence-corrected chi connectivity index (χ4v) is 2.43. The molecule has 0 aliphatic rings. The maximum atomic E-state index is 12.0. The number of carbonyl (C=O) groups excluding carboxylic acids is 1. The molecule has 1 heterocycles. The molecule has 3 N–H and O–H groups in total. The van der Waals surface area contributed by atoms with Crippen LogP contribution in [0.15, 0.2) is 41.5 Å². The van der Waals surface area contributed by atoms with Crippen LogP contribution in [0, 0.1) is 0 Å². The van der Waals surface area contributed by atoms with E-state index in [1.807, 2.05) is 58.0 Å². The molecule has 0 bridgehead atoms. The SMILES string of the molecule is CCNC(=NCc1cccc2cccnc12)NCC(=O)NC(C)(C)C. The lowest BCUT2D eigenvalue weighted by atomic mass is 10.1.